The number of nitrogens with two attached hydrogens (primary N) is 1. The number of primary amides is 1. The monoisotopic (exact) mass is 302 g/mol. The van der Waals surface area contributed by atoms with E-state index in [0.29, 0.717) is 29.1 Å². The van der Waals surface area contributed by atoms with E-state index >= 15 is 0 Å². The van der Waals surface area contributed by atoms with Crippen LogP contribution in [0.5, 0.6) is 0 Å². The molecule has 0 aliphatic heterocycles. The lowest BCUT2D eigenvalue weighted by Crippen LogP contribution is -2.27. The molecule has 21 heavy (non-hydrogen) atoms. The van der Waals surface area contributed by atoms with Crippen molar-refractivity contribution in [2.45, 2.75) is 6.42 Å². The highest BCUT2D eigenvalue weighted by molar-refractivity contribution is 7.80. The third kappa shape index (κ3) is 4.10. The van der Waals surface area contributed by atoms with Gasteiger partial charge in [-0.25, -0.2) is 4.39 Å². The standard InChI is InChI=1S/C16H15FN2OS/c17-12-7-5-11(6-8-12)9-10-19-16(21)14-4-2-1-3-13(14)15(18)20/h1-8H,9-10H2,(H2,18,20)(H,19,21). The first-order valence-electron chi connectivity index (χ1n) is 6.49. The smallest absolute Gasteiger partial charge is 0.249 e. The van der Waals surface area contributed by atoms with Crippen LogP contribution >= 0.6 is 12.2 Å². The number of carbonyl (C=O) groups excluding carboxylic acids is 1. The normalized spacial score (nSPS) is 10.1. The molecule has 0 radical (unpaired) electrons. The molecule has 0 aromatic heterocycles. The van der Waals surface area contributed by atoms with Crippen molar-refractivity contribution in [1.82, 2.24) is 5.32 Å². The van der Waals surface area contributed by atoms with E-state index in [-0.39, 0.29) is 5.82 Å². The van der Waals surface area contributed by atoms with Gasteiger partial charge in [-0.05, 0) is 30.2 Å². The number of halogens is 1. The van der Waals surface area contributed by atoms with Crippen LogP contribution in [0.4, 0.5) is 4.39 Å². The van der Waals surface area contributed by atoms with Gasteiger partial charge in [-0.2, -0.15) is 0 Å². The van der Waals surface area contributed by atoms with Gasteiger partial charge in [0.25, 0.3) is 0 Å². The molecule has 108 valence electrons. The zero-order valence-corrected chi connectivity index (χ0v) is 12.1. The van der Waals surface area contributed by atoms with E-state index in [1.165, 1.54) is 12.1 Å². The molecular formula is C16H15FN2OS. The van der Waals surface area contributed by atoms with Crippen LogP contribution in [0.15, 0.2) is 48.5 Å². The fourth-order valence-corrected chi connectivity index (χ4v) is 2.24. The summed E-state index contributed by atoms with van der Waals surface area (Å²) in [5.41, 5.74) is 7.36. The second-order valence-corrected chi connectivity index (χ2v) is 4.95. The van der Waals surface area contributed by atoms with Gasteiger partial charge in [-0.15, -0.1) is 0 Å². The molecule has 2 aromatic rings. The summed E-state index contributed by atoms with van der Waals surface area (Å²) < 4.78 is 12.8. The maximum absolute atomic E-state index is 12.8. The molecule has 0 aliphatic rings. The first-order chi connectivity index (χ1) is 10.1. The Balaban J connectivity index is 1.96. The van der Waals surface area contributed by atoms with Crippen LogP contribution in [0.1, 0.15) is 21.5 Å². The van der Waals surface area contributed by atoms with E-state index in [1.54, 1.807) is 36.4 Å². The van der Waals surface area contributed by atoms with Crippen LogP contribution in [-0.4, -0.2) is 17.4 Å². The summed E-state index contributed by atoms with van der Waals surface area (Å²) in [4.78, 5) is 11.8. The quantitative estimate of drug-likeness (QED) is 0.834. The summed E-state index contributed by atoms with van der Waals surface area (Å²) in [5.74, 6) is -0.758. The van der Waals surface area contributed by atoms with Gasteiger partial charge in [-0.3, -0.25) is 4.79 Å². The molecule has 3 N–H and O–H groups in total. The molecule has 0 spiro atoms. The van der Waals surface area contributed by atoms with Gasteiger partial charge in [0, 0.05) is 17.7 Å². The van der Waals surface area contributed by atoms with Gasteiger partial charge in [0.2, 0.25) is 5.91 Å². The van der Waals surface area contributed by atoms with Crippen molar-refractivity contribution >= 4 is 23.1 Å². The van der Waals surface area contributed by atoms with Gasteiger partial charge < -0.3 is 11.1 Å². The number of thiocarbonyl (C=S) groups is 1. The Morgan fingerprint density at radius 3 is 2.33 bits per heavy atom. The predicted octanol–water partition coefficient (Wildman–Crippen LogP) is 2.43. The molecule has 0 bridgehead atoms. The number of hydrogen-bond donors (Lipinski definition) is 2. The Kier molecular flexibility index (Phi) is 5.00. The van der Waals surface area contributed by atoms with E-state index in [1.807, 2.05) is 0 Å². The Hall–Kier alpha value is -2.27. The summed E-state index contributed by atoms with van der Waals surface area (Å²) in [7, 11) is 0. The fourth-order valence-electron chi connectivity index (χ4n) is 1.96. The summed E-state index contributed by atoms with van der Waals surface area (Å²) in [6, 6.07) is 13.3. The Labute approximate surface area is 128 Å². The second kappa shape index (κ2) is 6.95. The minimum atomic E-state index is -0.506. The molecule has 0 saturated carbocycles. The Bertz CT molecular complexity index is 656. The topological polar surface area (TPSA) is 55.1 Å². The second-order valence-electron chi connectivity index (χ2n) is 4.54. The van der Waals surface area contributed by atoms with Crippen molar-refractivity contribution in [2.24, 2.45) is 5.73 Å². The SMILES string of the molecule is NC(=O)c1ccccc1C(=S)NCCc1ccc(F)cc1. The molecule has 5 heteroatoms. The van der Waals surface area contributed by atoms with Crippen molar-refractivity contribution in [3.63, 3.8) is 0 Å². The minimum absolute atomic E-state index is 0.252. The molecule has 1 amide bonds. The van der Waals surface area contributed by atoms with Crippen molar-refractivity contribution < 1.29 is 9.18 Å². The van der Waals surface area contributed by atoms with Gasteiger partial charge in [0.1, 0.15) is 10.8 Å². The Morgan fingerprint density at radius 1 is 1.10 bits per heavy atom. The lowest BCUT2D eigenvalue weighted by Gasteiger charge is -2.11. The summed E-state index contributed by atoms with van der Waals surface area (Å²) in [5, 5.41) is 3.09. The van der Waals surface area contributed by atoms with Crippen LogP contribution in [-0.2, 0) is 6.42 Å². The molecular weight excluding hydrogens is 287 g/mol. The fraction of sp³-hybridized carbons (Fsp3) is 0.125. The van der Waals surface area contributed by atoms with Crippen LogP contribution in [0.25, 0.3) is 0 Å². The summed E-state index contributed by atoms with van der Waals surface area (Å²) in [6.45, 7) is 0.595. The largest absolute Gasteiger partial charge is 0.375 e. The maximum Gasteiger partial charge on any atom is 0.249 e. The van der Waals surface area contributed by atoms with Gasteiger partial charge in [-0.1, -0.05) is 42.5 Å². The number of benzene rings is 2. The van der Waals surface area contributed by atoms with Gasteiger partial charge in [0.05, 0.1) is 0 Å². The van der Waals surface area contributed by atoms with Crippen LogP contribution in [0, 0.1) is 5.82 Å². The van der Waals surface area contributed by atoms with Crippen molar-refractivity contribution in [3.05, 3.63) is 71.0 Å². The summed E-state index contributed by atoms with van der Waals surface area (Å²) >= 11 is 5.28. The van der Waals surface area contributed by atoms with E-state index in [2.05, 4.69) is 5.32 Å². The minimum Gasteiger partial charge on any atom is -0.375 e. The molecule has 2 rings (SSSR count). The van der Waals surface area contributed by atoms with E-state index in [4.69, 9.17) is 18.0 Å². The number of carbonyl (C=O) groups is 1. The number of rotatable bonds is 5. The van der Waals surface area contributed by atoms with E-state index in [9.17, 15) is 9.18 Å². The number of nitrogens with one attached hydrogen (secondary N) is 1. The highest BCUT2D eigenvalue weighted by Crippen LogP contribution is 2.09. The molecule has 0 unspecified atom stereocenters. The zero-order valence-electron chi connectivity index (χ0n) is 11.3. The van der Waals surface area contributed by atoms with Gasteiger partial charge in [0.15, 0.2) is 0 Å². The molecule has 2 aromatic carbocycles. The average Bonchev–Trinajstić information content (AvgIpc) is 2.49. The molecule has 0 fully saturated rings. The molecule has 0 atom stereocenters. The van der Waals surface area contributed by atoms with Gasteiger partial charge >= 0.3 is 0 Å². The van der Waals surface area contributed by atoms with E-state index in [0.717, 1.165) is 5.56 Å². The molecule has 0 saturated heterocycles. The molecule has 3 nitrogen and oxygen atoms in total. The van der Waals surface area contributed by atoms with Crippen LogP contribution in [0.3, 0.4) is 0 Å². The molecule has 0 heterocycles. The highest BCUT2D eigenvalue weighted by Gasteiger charge is 2.10. The Morgan fingerprint density at radius 2 is 1.71 bits per heavy atom. The number of hydrogen-bond acceptors (Lipinski definition) is 2. The van der Waals surface area contributed by atoms with Crippen LogP contribution < -0.4 is 11.1 Å². The third-order valence-corrected chi connectivity index (χ3v) is 3.41. The first kappa shape index (κ1) is 15.1. The maximum atomic E-state index is 12.8. The number of amides is 1. The summed E-state index contributed by atoms with van der Waals surface area (Å²) in [6.07, 6.45) is 0.707. The van der Waals surface area contributed by atoms with Crippen molar-refractivity contribution in [3.8, 4) is 0 Å². The average molecular weight is 302 g/mol. The third-order valence-electron chi connectivity index (χ3n) is 3.05. The first-order valence-corrected chi connectivity index (χ1v) is 6.90. The molecule has 0 aliphatic carbocycles. The van der Waals surface area contributed by atoms with E-state index < -0.39 is 5.91 Å². The predicted molar refractivity (Wildman–Crippen MR) is 84.8 cm³/mol. The lowest BCUT2D eigenvalue weighted by molar-refractivity contribution is 0.1000. The van der Waals surface area contributed by atoms with Crippen molar-refractivity contribution in [1.29, 1.82) is 0 Å². The highest BCUT2D eigenvalue weighted by atomic mass is 32.1. The van der Waals surface area contributed by atoms with Crippen molar-refractivity contribution in [2.75, 3.05) is 6.54 Å². The van der Waals surface area contributed by atoms with Crippen LogP contribution in [0.2, 0.25) is 0 Å². The lowest BCUT2D eigenvalue weighted by atomic mass is 10.1. The zero-order chi connectivity index (χ0) is 15.2.